The minimum Gasteiger partial charge on any atom is -0.392 e. The zero-order chi connectivity index (χ0) is 19.5. The number of rotatable bonds is 6. The molecule has 2 rings (SSSR count). The van der Waals surface area contributed by atoms with Crippen LogP contribution in [0.5, 0.6) is 0 Å². The summed E-state index contributed by atoms with van der Waals surface area (Å²) in [5, 5.41) is 17.2. The van der Waals surface area contributed by atoms with Crippen LogP contribution in [-0.2, 0) is 14.3 Å². The molecule has 7 atom stereocenters. The Morgan fingerprint density at radius 1 is 1.31 bits per heavy atom. The van der Waals surface area contributed by atoms with Crippen molar-refractivity contribution in [1.82, 2.24) is 10.6 Å². The average molecular weight is 369 g/mol. The van der Waals surface area contributed by atoms with E-state index in [4.69, 9.17) is 4.74 Å². The maximum Gasteiger partial charge on any atom is 0.223 e. The first-order valence-corrected chi connectivity index (χ1v) is 9.93. The SMILES string of the molecule is COCCNC(=O)[C@@H](C)[C@@H]1CC[C@@]2(C)CC[C@H](NC(C)=O)[C@@H](C)[C@@H]2[C@H]1O. The van der Waals surface area contributed by atoms with Gasteiger partial charge in [-0.05, 0) is 48.9 Å². The van der Waals surface area contributed by atoms with Crippen LogP contribution in [-0.4, -0.2) is 49.3 Å². The van der Waals surface area contributed by atoms with E-state index in [-0.39, 0.29) is 46.9 Å². The Morgan fingerprint density at radius 2 is 1.96 bits per heavy atom. The predicted octanol–water partition coefficient (Wildman–Crippen LogP) is 1.71. The smallest absolute Gasteiger partial charge is 0.223 e. The molecular formula is C20H36N2O4. The Hall–Kier alpha value is -1.14. The second kappa shape index (κ2) is 8.70. The van der Waals surface area contributed by atoms with Gasteiger partial charge in [0.2, 0.25) is 11.8 Å². The predicted molar refractivity (Wildman–Crippen MR) is 100 cm³/mol. The highest BCUT2D eigenvalue weighted by atomic mass is 16.5. The summed E-state index contributed by atoms with van der Waals surface area (Å²) in [6.07, 6.45) is 3.32. The molecule has 2 amide bonds. The fraction of sp³-hybridized carbons (Fsp3) is 0.900. The van der Waals surface area contributed by atoms with E-state index in [1.807, 2.05) is 6.92 Å². The summed E-state index contributed by atoms with van der Waals surface area (Å²) in [5.41, 5.74) is 0.0799. The Balaban J connectivity index is 2.10. The van der Waals surface area contributed by atoms with E-state index >= 15 is 0 Å². The number of hydrogen-bond donors (Lipinski definition) is 3. The monoisotopic (exact) mass is 368 g/mol. The Labute approximate surface area is 157 Å². The fourth-order valence-corrected chi connectivity index (χ4v) is 5.39. The van der Waals surface area contributed by atoms with Crippen molar-refractivity contribution in [3.05, 3.63) is 0 Å². The van der Waals surface area contributed by atoms with Gasteiger partial charge in [0, 0.05) is 32.5 Å². The minimum atomic E-state index is -0.525. The quantitative estimate of drug-likeness (QED) is 0.623. The zero-order valence-corrected chi connectivity index (χ0v) is 16.9. The van der Waals surface area contributed by atoms with E-state index in [0.29, 0.717) is 13.2 Å². The number of ether oxygens (including phenoxy) is 1. The van der Waals surface area contributed by atoms with Crippen LogP contribution in [0.15, 0.2) is 0 Å². The normalized spacial score (nSPS) is 38.2. The topological polar surface area (TPSA) is 87.7 Å². The van der Waals surface area contributed by atoms with Crippen LogP contribution in [0.1, 0.15) is 53.4 Å². The van der Waals surface area contributed by atoms with Crippen LogP contribution < -0.4 is 10.6 Å². The van der Waals surface area contributed by atoms with Crippen molar-refractivity contribution in [3.63, 3.8) is 0 Å². The second-order valence-corrected chi connectivity index (χ2v) is 8.65. The van der Waals surface area contributed by atoms with Crippen molar-refractivity contribution in [1.29, 1.82) is 0 Å². The van der Waals surface area contributed by atoms with Gasteiger partial charge in [-0.1, -0.05) is 20.8 Å². The van der Waals surface area contributed by atoms with E-state index in [2.05, 4.69) is 24.5 Å². The third-order valence-electron chi connectivity index (χ3n) is 6.94. The summed E-state index contributed by atoms with van der Waals surface area (Å²) >= 11 is 0. The highest BCUT2D eigenvalue weighted by Gasteiger charge is 2.53. The van der Waals surface area contributed by atoms with Gasteiger partial charge in [0.1, 0.15) is 0 Å². The molecule has 2 aliphatic carbocycles. The van der Waals surface area contributed by atoms with Crippen LogP contribution in [0.3, 0.4) is 0 Å². The second-order valence-electron chi connectivity index (χ2n) is 8.65. The van der Waals surface area contributed by atoms with E-state index in [9.17, 15) is 14.7 Å². The number of aliphatic hydroxyl groups is 1. The number of methoxy groups -OCH3 is 1. The first kappa shape index (κ1) is 21.2. The lowest BCUT2D eigenvalue weighted by Gasteiger charge is -2.56. The molecule has 3 N–H and O–H groups in total. The van der Waals surface area contributed by atoms with Gasteiger partial charge in [0.25, 0.3) is 0 Å². The molecule has 26 heavy (non-hydrogen) atoms. The molecule has 2 aliphatic rings. The molecule has 0 heterocycles. The van der Waals surface area contributed by atoms with Crippen molar-refractivity contribution >= 4 is 11.8 Å². The van der Waals surface area contributed by atoms with Gasteiger partial charge in [0.15, 0.2) is 0 Å². The maximum absolute atomic E-state index is 12.5. The van der Waals surface area contributed by atoms with Crippen molar-refractivity contribution < 1.29 is 19.4 Å². The van der Waals surface area contributed by atoms with Gasteiger partial charge < -0.3 is 20.5 Å². The maximum atomic E-state index is 12.5. The highest BCUT2D eigenvalue weighted by Crippen LogP contribution is 2.55. The Morgan fingerprint density at radius 3 is 2.58 bits per heavy atom. The lowest BCUT2D eigenvalue weighted by atomic mass is 9.51. The molecule has 150 valence electrons. The van der Waals surface area contributed by atoms with Gasteiger partial charge in [-0.15, -0.1) is 0 Å². The summed E-state index contributed by atoms with van der Waals surface area (Å²) in [6, 6.07) is 0.102. The number of hydrogen-bond acceptors (Lipinski definition) is 4. The van der Waals surface area contributed by atoms with Crippen molar-refractivity contribution in [2.45, 2.75) is 65.5 Å². The third-order valence-corrected chi connectivity index (χ3v) is 6.94. The zero-order valence-electron chi connectivity index (χ0n) is 16.9. The first-order chi connectivity index (χ1) is 12.2. The average Bonchev–Trinajstić information content (AvgIpc) is 2.57. The van der Waals surface area contributed by atoms with E-state index in [0.717, 1.165) is 25.7 Å². The number of fused-ring (bicyclic) bond motifs is 1. The molecule has 2 fully saturated rings. The van der Waals surface area contributed by atoms with Gasteiger partial charge in [0.05, 0.1) is 12.7 Å². The Bertz CT molecular complexity index is 512. The number of carbonyl (C=O) groups excluding carboxylic acids is 2. The standard InChI is InChI=1S/C20H36N2O4/c1-12(19(25)21-10-11-26-5)15-6-8-20(4)9-7-16(22-14(3)23)13(2)17(20)18(15)24/h12-13,15-18,24H,6-11H2,1-5H3,(H,21,25)(H,22,23)/t12-,13+,15-,16-,17+,18-,20-/m0/s1. The fourth-order valence-electron chi connectivity index (χ4n) is 5.39. The number of amides is 2. The molecule has 6 heteroatoms. The Kier molecular flexibility index (Phi) is 7.08. The lowest BCUT2D eigenvalue weighted by Crippen LogP contribution is -2.58. The molecule has 0 spiro atoms. The molecule has 0 bridgehead atoms. The van der Waals surface area contributed by atoms with E-state index in [1.54, 1.807) is 14.0 Å². The molecule has 0 aromatic rings. The van der Waals surface area contributed by atoms with Crippen molar-refractivity contribution in [3.8, 4) is 0 Å². The molecule has 0 aromatic carbocycles. The molecule has 0 radical (unpaired) electrons. The summed E-state index contributed by atoms with van der Waals surface area (Å²) < 4.78 is 4.98. The minimum absolute atomic E-state index is 0.0156. The molecule has 0 unspecified atom stereocenters. The van der Waals surface area contributed by atoms with Gasteiger partial charge in [-0.25, -0.2) is 0 Å². The van der Waals surface area contributed by atoms with Crippen LogP contribution in [0.4, 0.5) is 0 Å². The molecule has 6 nitrogen and oxygen atoms in total. The van der Waals surface area contributed by atoms with Gasteiger partial charge in [-0.3, -0.25) is 9.59 Å². The van der Waals surface area contributed by atoms with Gasteiger partial charge in [-0.2, -0.15) is 0 Å². The summed E-state index contributed by atoms with van der Waals surface area (Å²) in [4.78, 5) is 24.0. The molecule has 0 aliphatic heterocycles. The molecule has 2 saturated carbocycles. The largest absolute Gasteiger partial charge is 0.392 e. The highest BCUT2D eigenvalue weighted by molar-refractivity contribution is 5.78. The van der Waals surface area contributed by atoms with E-state index in [1.165, 1.54) is 0 Å². The van der Waals surface area contributed by atoms with Crippen molar-refractivity contribution in [2.24, 2.45) is 29.1 Å². The van der Waals surface area contributed by atoms with E-state index < -0.39 is 6.10 Å². The van der Waals surface area contributed by atoms with Gasteiger partial charge >= 0.3 is 0 Å². The van der Waals surface area contributed by atoms with Crippen LogP contribution in [0.2, 0.25) is 0 Å². The molecular weight excluding hydrogens is 332 g/mol. The van der Waals surface area contributed by atoms with Crippen LogP contribution in [0.25, 0.3) is 0 Å². The molecule has 0 aromatic heterocycles. The lowest BCUT2D eigenvalue weighted by molar-refractivity contribution is -0.143. The summed E-state index contributed by atoms with van der Waals surface area (Å²) in [7, 11) is 1.61. The first-order valence-electron chi connectivity index (χ1n) is 9.93. The molecule has 0 saturated heterocycles. The summed E-state index contributed by atoms with van der Waals surface area (Å²) in [6.45, 7) is 8.84. The number of nitrogens with one attached hydrogen (secondary N) is 2. The summed E-state index contributed by atoms with van der Waals surface area (Å²) in [5.74, 6) is -0.0241. The number of carbonyl (C=O) groups is 2. The van der Waals surface area contributed by atoms with Crippen LogP contribution in [0, 0.1) is 29.1 Å². The number of aliphatic hydroxyl groups excluding tert-OH is 1. The van der Waals surface area contributed by atoms with Crippen LogP contribution >= 0.6 is 0 Å². The van der Waals surface area contributed by atoms with Crippen molar-refractivity contribution in [2.75, 3.05) is 20.3 Å². The third kappa shape index (κ3) is 4.39.